The predicted molar refractivity (Wildman–Crippen MR) is 283 cm³/mol. The third kappa shape index (κ3) is 16.0. The molecule has 406 valence electrons. The quantitative estimate of drug-likeness (QED) is 0.0387. The zero-order chi connectivity index (χ0) is 53.5. The average molecular weight is 1080 g/mol. The first kappa shape index (κ1) is 56.6. The lowest BCUT2D eigenvalue weighted by molar-refractivity contribution is -0.136. The molecule has 3 saturated heterocycles. The van der Waals surface area contributed by atoms with Gasteiger partial charge < -0.3 is 55.6 Å². The molecule has 3 atom stereocenters. The van der Waals surface area contributed by atoms with Crippen LogP contribution in [-0.4, -0.2) is 140 Å². The number of nitrogen functional groups attached to an aromatic ring is 1. The summed E-state index contributed by atoms with van der Waals surface area (Å²) in [6, 6.07) is 9.57. The fourth-order valence-corrected chi connectivity index (χ4v) is 10.1. The Hall–Kier alpha value is -6.11. The van der Waals surface area contributed by atoms with Crippen molar-refractivity contribution >= 4 is 86.9 Å². The van der Waals surface area contributed by atoms with E-state index < -0.39 is 23.6 Å². The molecule has 1 unspecified atom stereocenters. The number of alkyl carbamates (subject to hydrolysis) is 1. The van der Waals surface area contributed by atoms with Gasteiger partial charge in [-0.25, -0.2) is 19.4 Å². The van der Waals surface area contributed by atoms with Crippen molar-refractivity contribution in [3.05, 3.63) is 64.2 Å². The molecule has 24 heteroatoms. The van der Waals surface area contributed by atoms with E-state index in [4.69, 9.17) is 41.0 Å². The van der Waals surface area contributed by atoms with Gasteiger partial charge >= 0.3 is 6.09 Å². The highest BCUT2D eigenvalue weighted by molar-refractivity contribution is 7.99. The molecule has 2 aromatic heterocycles. The third-order valence-electron chi connectivity index (χ3n) is 12.9. The number of fused-ring (bicyclic) bond motifs is 1. The minimum atomic E-state index is -0.811. The molecule has 0 saturated carbocycles. The van der Waals surface area contributed by atoms with Gasteiger partial charge in [0.25, 0.3) is 11.5 Å². The Kier molecular flexibility index (Phi) is 20.1. The van der Waals surface area contributed by atoms with Gasteiger partial charge in [0.15, 0.2) is 5.82 Å². The predicted octanol–water partition coefficient (Wildman–Crippen LogP) is 5.23. The highest BCUT2D eigenvalue weighted by atomic mass is 35.5. The number of piperidine rings is 2. The molecule has 3 aliphatic rings. The zero-order valence-corrected chi connectivity index (χ0v) is 44.4. The largest absolute Gasteiger partial charge is 0.444 e. The number of anilines is 4. The molecular formula is C51H68ClN11O11S. The molecule has 75 heavy (non-hydrogen) atoms. The number of hydrogen-bond acceptors (Lipinski definition) is 18. The highest BCUT2D eigenvalue weighted by Crippen LogP contribution is 2.44. The van der Waals surface area contributed by atoms with Crippen molar-refractivity contribution in [2.24, 2.45) is 5.41 Å². The van der Waals surface area contributed by atoms with Crippen LogP contribution in [0.1, 0.15) is 85.1 Å². The summed E-state index contributed by atoms with van der Waals surface area (Å²) in [6.07, 6.45) is 5.88. The maximum Gasteiger partial charge on any atom is 0.407 e. The van der Waals surface area contributed by atoms with Crippen molar-refractivity contribution in [1.82, 2.24) is 35.7 Å². The van der Waals surface area contributed by atoms with Crippen LogP contribution in [-0.2, 0) is 42.9 Å². The molecule has 7 N–H and O–H groups in total. The van der Waals surface area contributed by atoms with Crippen LogP contribution in [0.25, 0.3) is 10.8 Å². The Bertz CT molecular complexity index is 2720. The van der Waals surface area contributed by atoms with Crippen LogP contribution in [0.4, 0.5) is 27.8 Å². The van der Waals surface area contributed by atoms with Crippen LogP contribution >= 0.6 is 23.4 Å². The molecule has 0 bridgehead atoms. The number of imide groups is 1. The SMILES string of the molecule is C[C@H]1OCC2(CCN(c3cnc(Sc4cccc(NC(=O)CCC(=O)NCCCOCCOCCOCCCNc5ccc6c(=O)n(C7CCC(=O)NC7=O)ncc6c5)c4Cl)c(N)n3)CC2)[C@H]1NC(=O)OC(C)(C)C. The molecular weight excluding hydrogens is 1010 g/mol. The second kappa shape index (κ2) is 26.6. The Morgan fingerprint density at radius 3 is 2.36 bits per heavy atom. The van der Waals surface area contributed by atoms with Gasteiger partial charge in [-0.3, -0.25) is 29.3 Å². The van der Waals surface area contributed by atoms with E-state index >= 15 is 0 Å². The van der Waals surface area contributed by atoms with Crippen molar-refractivity contribution in [3.8, 4) is 0 Å². The van der Waals surface area contributed by atoms with Crippen LogP contribution in [0.5, 0.6) is 0 Å². The van der Waals surface area contributed by atoms with Gasteiger partial charge in [-0.2, -0.15) is 5.10 Å². The Balaban J connectivity index is 0.701. The Morgan fingerprint density at radius 2 is 1.65 bits per heavy atom. The normalized spacial score (nSPS) is 18.5. The summed E-state index contributed by atoms with van der Waals surface area (Å²) in [6.45, 7) is 13.1. The van der Waals surface area contributed by atoms with Gasteiger partial charge in [0.2, 0.25) is 17.7 Å². The second-order valence-corrected chi connectivity index (χ2v) is 21.1. The number of carbonyl (C=O) groups is 5. The lowest BCUT2D eigenvalue weighted by atomic mass is 9.73. The highest BCUT2D eigenvalue weighted by Gasteiger charge is 2.50. The first-order valence-electron chi connectivity index (χ1n) is 25.3. The molecule has 3 fully saturated rings. The van der Waals surface area contributed by atoms with Gasteiger partial charge in [-0.1, -0.05) is 29.4 Å². The van der Waals surface area contributed by atoms with E-state index in [9.17, 15) is 28.8 Å². The molecule has 22 nitrogen and oxygen atoms in total. The van der Waals surface area contributed by atoms with Crippen molar-refractivity contribution in [2.75, 3.05) is 93.7 Å². The number of ether oxygens (including phenoxy) is 5. The molecule has 3 aliphatic heterocycles. The fourth-order valence-electron chi connectivity index (χ4n) is 9.02. The van der Waals surface area contributed by atoms with E-state index in [-0.39, 0.29) is 72.3 Å². The minimum Gasteiger partial charge on any atom is -0.444 e. The van der Waals surface area contributed by atoms with Gasteiger partial charge in [0, 0.05) is 80.0 Å². The number of nitrogens with zero attached hydrogens (tertiary/aromatic N) is 5. The number of carbonyl (C=O) groups excluding carboxylic acids is 5. The number of rotatable bonds is 24. The maximum atomic E-state index is 13.0. The van der Waals surface area contributed by atoms with Crippen LogP contribution in [0.3, 0.4) is 0 Å². The molecule has 4 aromatic rings. The first-order valence-corrected chi connectivity index (χ1v) is 26.5. The van der Waals surface area contributed by atoms with Gasteiger partial charge in [0.1, 0.15) is 22.5 Å². The summed E-state index contributed by atoms with van der Waals surface area (Å²) in [5.41, 5.74) is 6.43. The van der Waals surface area contributed by atoms with Crippen molar-refractivity contribution in [3.63, 3.8) is 0 Å². The van der Waals surface area contributed by atoms with E-state index in [0.717, 1.165) is 29.6 Å². The summed E-state index contributed by atoms with van der Waals surface area (Å²) in [7, 11) is 0. The Morgan fingerprint density at radius 1 is 0.947 bits per heavy atom. The monoisotopic (exact) mass is 1080 g/mol. The van der Waals surface area contributed by atoms with Crippen molar-refractivity contribution < 1.29 is 47.7 Å². The molecule has 5 heterocycles. The zero-order valence-electron chi connectivity index (χ0n) is 42.9. The number of hydrogen-bond donors (Lipinski definition) is 6. The van der Waals surface area contributed by atoms with Gasteiger partial charge in [0.05, 0.1) is 73.7 Å². The molecule has 7 rings (SSSR count). The molecule has 0 aliphatic carbocycles. The number of nitrogens with one attached hydrogen (secondary N) is 5. The minimum absolute atomic E-state index is 0.00170. The van der Waals surface area contributed by atoms with Crippen LogP contribution in [0, 0.1) is 5.41 Å². The van der Waals surface area contributed by atoms with Gasteiger partial charge in [-0.15, -0.1) is 0 Å². The van der Waals surface area contributed by atoms with Crippen molar-refractivity contribution in [1.29, 1.82) is 0 Å². The summed E-state index contributed by atoms with van der Waals surface area (Å²) < 4.78 is 29.6. The molecule has 2 aromatic carbocycles. The maximum absolute atomic E-state index is 13.0. The van der Waals surface area contributed by atoms with E-state index in [2.05, 4.69) is 46.6 Å². The summed E-state index contributed by atoms with van der Waals surface area (Å²) >= 11 is 7.97. The van der Waals surface area contributed by atoms with E-state index in [0.29, 0.717) is 116 Å². The number of nitrogens with two attached hydrogens (primary N) is 1. The average Bonchev–Trinajstić information content (AvgIpc) is 3.66. The standard InChI is InChI=1S/C51H68ClN11O11S/c1-32-44(61-49(69)74-50(2,3)4)51(31-73-32)16-20-62(21-17-51)39-30-56-47(45(53)59-39)75-38-9-5-8-36(43(38)52)58-41(65)15-14-40(64)55-19-7-23-71-25-27-72-26-24-70-22-6-18-54-34-10-11-35-33(28-34)29-57-63(48(35)68)37-12-13-42(66)60-46(37)67/h5,8-11,28-30,32,37,44,54H,6-7,12-27,31H2,1-4H3,(H2,53,59)(H,55,64)(H,58,65)(H,61,69)(H,60,66,67)/t32-,37?,44+/m1/s1. The second-order valence-electron chi connectivity index (χ2n) is 19.7. The van der Waals surface area contributed by atoms with E-state index in [1.54, 1.807) is 42.7 Å². The molecule has 1 spiro atoms. The first-order chi connectivity index (χ1) is 36.0. The lowest BCUT2D eigenvalue weighted by Gasteiger charge is -2.43. The van der Waals surface area contributed by atoms with Crippen molar-refractivity contribution in [2.45, 2.75) is 113 Å². The smallest absolute Gasteiger partial charge is 0.407 e. The third-order valence-corrected chi connectivity index (χ3v) is 14.5. The summed E-state index contributed by atoms with van der Waals surface area (Å²) in [5.74, 6) is -0.604. The number of amides is 5. The summed E-state index contributed by atoms with van der Waals surface area (Å²) in [5, 5.41) is 20.3. The van der Waals surface area contributed by atoms with Gasteiger partial charge in [-0.05, 0) is 90.1 Å². The number of aromatic nitrogens is 4. The molecule has 5 amide bonds. The van der Waals surface area contributed by atoms with Crippen LogP contribution < -0.4 is 42.8 Å². The summed E-state index contributed by atoms with van der Waals surface area (Å²) in [4.78, 5) is 86.8. The Labute approximate surface area is 444 Å². The van der Waals surface area contributed by atoms with E-state index in [1.165, 1.54) is 11.8 Å². The number of benzene rings is 2. The van der Waals surface area contributed by atoms with Crippen LogP contribution in [0.15, 0.2) is 63.5 Å². The molecule has 0 radical (unpaired) electrons. The topological polar surface area (TPSA) is 282 Å². The van der Waals surface area contributed by atoms with Crippen LogP contribution in [0.2, 0.25) is 5.02 Å². The number of halogens is 1. The lowest BCUT2D eigenvalue weighted by Crippen LogP contribution is -2.55. The van der Waals surface area contributed by atoms with E-state index in [1.807, 2.05) is 33.8 Å². The fraction of sp³-hybridized carbons (Fsp3) is 0.549.